The van der Waals surface area contributed by atoms with Gasteiger partial charge in [-0.05, 0) is 44.0 Å². The SMILES string of the molecule is C=CCCC(CC(C)OC(=O)c1ccc([N+](=O)[O-])cc1)OC(=O)c1ccc([N+](=O)[O-])cc1. The third-order valence-electron chi connectivity index (χ3n) is 4.50. The van der Waals surface area contributed by atoms with Gasteiger partial charge in [0.25, 0.3) is 11.4 Å². The van der Waals surface area contributed by atoms with Crippen LogP contribution in [0.5, 0.6) is 0 Å². The van der Waals surface area contributed by atoms with Crippen molar-refractivity contribution in [3.05, 3.63) is 92.5 Å². The molecule has 2 aromatic rings. The zero-order chi connectivity index (χ0) is 23.7. The Morgan fingerprint density at radius 3 is 1.75 bits per heavy atom. The zero-order valence-electron chi connectivity index (χ0n) is 17.3. The molecule has 10 heteroatoms. The van der Waals surface area contributed by atoms with Gasteiger partial charge in [0.2, 0.25) is 0 Å². The van der Waals surface area contributed by atoms with Crippen molar-refractivity contribution in [1.29, 1.82) is 0 Å². The highest BCUT2D eigenvalue weighted by Crippen LogP contribution is 2.19. The Labute approximate surface area is 183 Å². The van der Waals surface area contributed by atoms with Crippen molar-refractivity contribution < 1.29 is 28.9 Å². The van der Waals surface area contributed by atoms with E-state index in [1.165, 1.54) is 48.5 Å². The summed E-state index contributed by atoms with van der Waals surface area (Å²) in [5.74, 6) is -1.31. The first-order valence-corrected chi connectivity index (χ1v) is 9.73. The fourth-order valence-electron chi connectivity index (χ4n) is 2.86. The average molecular weight is 442 g/mol. The van der Waals surface area contributed by atoms with E-state index >= 15 is 0 Å². The summed E-state index contributed by atoms with van der Waals surface area (Å²) in [6, 6.07) is 10.1. The second-order valence-corrected chi connectivity index (χ2v) is 6.95. The summed E-state index contributed by atoms with van der Waals surface area (Å²) < 4.78 is 10.9. The van der Waals surface area contributed by atoms with Gasteiger partial charge in [-0.15, -0.1) is 6.58 Å². The Morgan fingerprint density at radius 2 is 1.34 bits per heavy atom. The number of nitro groups is 2. The molecule has 2 aromatic carbocycles. The van der Waals surface area contributed by atoms with E-state index in [1.54, 1.807) is 13.0 Å². The summed E-state index contributed by atoms with van der Waals surface area (Å²) in [5, 5.41) is 21.5. The van der Waals surface area contributed by atoms with Crippen LogP contribution in [0.1, 0.15) is 46.9 Å². The van der Waals surface area contributed by atoms with E-state index in [0.717, 1.165) is 0 Å². The molecule has 0 bridgehead atoms. The first-order chi connectivity index (χ1) is 15.2. The van der Waals surface area contributed by atoms with E-state index in [2.05, 4.69) is 6.58 Å². The highest BCUT2D eigenvalue weighted by Gasteiger charge is 2.22. The van der Waals surface area contributed by atoms with E-state index < -0.39 is 34.0 Å². The molecule has 0 aliphatic heterocycles. The predicted molar refractivity (Wildman–Crippen MR) is 114 cm³/mol. The second kappa shape index (κ2) is 11.3. The molecule has 0 aliphatic carbocycles. The smallest absolute Gasteiger partial charge is 0.338 e. The van der Waals surface area contributed by atoms with Crippen molar-refractivity contribution in [1.82, 2.24) is 0 Å². The third kappa shape index (κ3) is 7.01. The molecule has 0 radical (unpaired) electrons. The molecule has 32 heavy (non-hydrogen) atoms. The van der Waals surface area contributed by atoms with Gasteiger partial charge in [0, 0.05) is 30.7 Å². The lowest BCUT2D eigenvalue weighted by Gasteiger charge is -2.21. The van der Waals surface area contributed by atoms with Crippen LogP contribution in [0.25, 0.3) is 0 Å². The average Bonchev–Trinajstić information content (AvgIpc) is 2.77. The summed E-state index contributed by atoms with van der Waals surface area (Å²) in [7, 11) is 0. The first-order valence-electron chi connectivity index (χ1n) is 9.73. The maximum atomic E-state index is 12.4. The molecular formula is C22H22N2O8. The largest absolute Gasteiger partial charge is 0.459 e. The molecule has 0 saturated heterocycles. The van der Waals surface area contributed by atoms with Crippen LogP contribution < -0.4 is 0 Å². The highest BCUT2D eigenvalue weighted by molar-refractivity contribution is 5.90. The lowest BCUT2D eigenvalue weighted by Crippen LogP contribution is -2.26. The van der Waals surface area contributed by atoms with Crippen molar-refractivity contribution >= 4 is 23.3 Å². The lowest BCUT2D eigenvalue weighted by molar-refractivity contribution is -0.385. The molecule has 10 nitrogen and oxygen atoms in total. The summed E-state index contributed by atoms with van der Waals surface area (Å²) in [6.07, 6.45) is 1.68. The number of carbonyl (C=O) groups is 2. The molecular weight excluding hydrogens is 420 g/mol. The summed E-state index contributed by atoms with van der Waals surface area (Å²) >= 11 is 0. The standard InChI is InChI=1S/C22H22N2O8/c1-3-4-5-20(32-22(26)17-8-12-19(13-9-17)24(29)30)14-15(2)31-21(25)16-6-10-18(11-7-16)23(27)28/h3,6-13,15,20H,1,4-5,14H2,2H3. The van der Waals surface area contributed by atoms with E-state index in [0.29, 0.717) is 12.8 Å². The quantitative estimate of drug-likeness (QED) is 0.212. The molecule has 2 rings (SSSR count). The van der Waals surface area contributed by atoms with Crippen LogP contribution >= 0.6 is 0 Å². The summed E-state index contributed by atoms with van der Waals surface area (Å²) in [6.45, 7) is 5.29. The van der Waals surface area contributed by atoms with Gasteiger partial charge >= 0.3 is 11.9 Å². The van der Waals surface area contributed by atoms with E-state index in [4.69, 9.17) is 9.47 Å². The van der Waals surface area contributed by atoms with Crippen LogP contribution in [0, 0.1) is 20.2 Å². The maximum Gasteiger partial charge on any atom is 0.338 e. The minimum absolute atomic E-state index is 0.141. The number of esters is 2. The minimum Gasteiger partial charge on any atom is -0.459 e. The summed E-state index contributed by atoms with van der Waals surface area (Å²) in [5.41, 5.74) is 0.0384. The number of nitro benzene ring substituents is 2. The molecule has 0 spiro atoms. The number of hydrogen-bond acceptors (Lipinski definition) is 8. The van der Waals surface area contributed by atoms with Crippen LogP contribution in [0.3, 0.4) is 0 Å². The number of ether oxygens (including phenoxy) is 2. The molecule has 0 N–H and O–H groups in total. The van der Waals surface area contributed by atoms with Crippen LogP contribution in [0.15, 0.2) is 61.2 Å². The number of allylic oxidation sites excluding steroid dienone is 1. The van der Waals surface area contributed by atoms with Crippen LogP contribution in [-0.2, 0) is 9.47 Å². The molecule has 0 aliphatic rings. The molecule has 2 unspecified atom stereocenters. The highest BCUT2D eigenvalue weighted by atomic mass is 16.6. The van der Waals surface area contributed by atoms with Gasteiger partial charge in [0.05, 0.1) is 21.0 Å². The van der Waals surface area contributed by atoms with Crippen molar-refractivity contribution in [2.75, 3.05) is 0 Å². The molecule has 0 heterocycles. The number of benzene rings is 2. The first kappa shape index (κ1) is 24.2. The maximum absolute atomic E-state index is 12.4. The van der Waals surface area contributed by atoms with Crippen LogP contribution in [-0.4, -0.2) is 34.0 Å². The Hall–Kier alpha value is -4.08. The topological polar surface area (TPSA) is 139 Å². The Balaban J connectivity index is 1.99. The normalized spacial score (nSPS) is 12.3. The third-order valence-corrected chi connectivity index (χ3v) is 4.50. The van der Waals surface area contributed by atoms with Gasteiger partial charge in [-0.1, -0.05) is 6.08 Å². The Kier molecular flexibility index (Phi) is 8.58. The fourth-order valence-corrected chi connectivity index (χ4v) is 2.86. The van der Waals surface area contributed by atoms with E-state index in [-0.39, 0.29) is 28.9 Å². The molecule has 0 saturated carbocycles. The monoisotopic (exact) mass is 442 g/mol. The Morgan fingerprint density at radius 1 is 0.906 bits per heavy atom. The van der Waals surface area contributed by atoms with Gasteiger partial charge in [-0.25, -0.2) is 9.59 Å². The van der Waals surface area contributed by atoms with Crippen molar-refractivity contribution in [3.63, 3.8) is 0 Å². The molecule has 2 atom stereocenters. The predicted octanol–water partition coefficient (Wildman–Crippen LogP) is 4.63. The fraction of sp³-hybridized carbons (Fsp3) is 0.273. The number of rotatable bonds is 11. The lowest BCUT2D eigenvalue weighted by atomic mass is 10.1. The van der Waals surface area contributed by atoms with Crippen LogP contribution in [0.2, 0.25) is 0 Å². The summed E-state index contributed by atoms with van der Waals surface area (Å²) in [4.78, 5) is 45.0. The number of non-ortho nitro benzene ring substituents is 2. The van der Waals surface area contributed by atoms with Gasteiger partial charge in [-0.3, -0.25) is 20.2 Å². The molecule has 0 fully saturated rings. The minimum atomic E-state index is -0.656. The number of hydrogen-bond donors (Lipinski definition) is 0. The molecule has 0 aromatic heterocycles. The molecule has 0 amide bonds. The van der Waals surface area contributed by atoms with Gasteiger partial charge in [0.1, 0.15) is 12.2 Å². The second-order valence-electron chi connectivity index (χ2n) is 6.95. The van der Waals surface area contributed by atoms with Crippen LogP contribution in [0.4, 0.5) is 11.4 Å². The van der Waals surface area contributed by atoms with Crippen molar-refractivity contribution in [2.24, 2.45) is 0 Å². The van der Waals surface area contributed by atoms with Gasteiger partial charge in [-0.2, -0.15) is 0 Å². The zero-order valence-corrected chi connectivity index (χ0v) is 17.3. The van der Waals surface area contributed by atoms with Crippen molar-refractivity contribution in [2.45, 2.75) is 38.4 Å². The van der Waals surface area contributed by atoms with Gasteiger partial charge in [0.15, 0.2) is 0 Å². The number of carbonyl (C=O) groups excluding carboxylic acids is 2. The van der Waals surface area contributed by atoms with E-state index in [9.17, 15) is 29.8 Å². The Bertz CT molecular complexity index is 986. The van der Waals surface area contributed by atoms with E-state index in [1.807, 2.05) is 0 Å². The number of nitrogens with zero attached hydrogens (tertiary/aromatic N) is 2. The molecule has 168 valence electrons. The van der Waals surface area contributed by atoms with Crippen molar-refractivity contribution in [3.8, 4) is 0 Å². The van der Waals surface area contributed by atoms with Gasteiger partial charge < -0.3 is 9.47 Å².